The Labute approximate surface area is 131 Å². The Bertz CT molecular complexity index is 683. The summed E-state index contributed by atoms with van der Waals surface area (Å²) in [5, 5.41) is 2.53. The van der Waals surface area contributed by atoms with Crippen molar-refractivity contribution in [2.24, 2.45) is 5.92 Å². The first-order chi connectivity index (χ1) is 10.0. The van der Waals surface area contributed by atoms with Gasteiger partial charge in [0.1, 0.15) is 5.54 Å². The van der Waals surface area contributed by atoms with Gasteiger partial charge in [0, 0.05) is 6.92 Å². The highest BCUT2D eigenvalue weighted by Gasteiger charge is 2.39. The minimum absolute atomic E-state index is 0.0391. The van der Waals surface area contributed by atoms with Crippen molar-refractivity contribution < 1.29 is 18.0 Å². The Morgan fingerprint density at radius 2 is 1.73 bits per heavy atom. The summed E-state index contributed by atoms with van der Waals surface area (Å²) >= 11 is 0. The second kappa shape index (κ2) is 6.48. The van der Waals surface area contributed by atoms with Gasteiger partial charge in [0.05, 0.1) is 4.90 Å². The van der Waals surface area contributed by atoms with Crippen molar-refractivity contribution in [1.29, 1.82) is 0 Å². The highest BCUT2D eigenvalue weighted by atomic mass is 32.2. The maximum atomic E-state index is 12.4. The van der Waals surface area contributed by atoms with Crippen molar-refractivity contribution in [3.63, 3.8) is 0 Å². The molecule has 0 saturated carbocycles. The second-order valence-corrected chi connectivity index (χ2v) is 7.39. The lowest BCUT2D eigenvalue weighted by molar-refractivity contribution is -0.132. The number of benzene rings is 1. The van der Waals surface area contributed by atoms with Crippen molar-refractivity contribution >= 4 is 21.8 Å². The van der Waals surface area contributed by atoms with Crippen LogP contribution in [0.25, 0.3) is 0 Å². The van der Waals surface area contributed by atoms with Crippen LogP contribution in [0.1, 0.15) is 33.3 Å². The predicted octanol–water partition coefficient (Wildman–Crippen LogP) is 1.35. The number of amides is 2. The number of carbonyl (C=O) groups is 2. The first-order valence-corrected chi connectivity index (χ1v) is 8.40. The molecule has 1 atom stereocenters. The molecular weight excluding hydrogens is 304 g/mol. The zero-order valence-corrected chi connectivity index (χ0v) is 14.2. The third-order valence-corrected chi connectivity index (χ3v) is 5.16. The molecule has 0 fully saturated rings. The van der Waals surface area contributed by atoms with E-state index in [1.165, 1.54) is 19.9 Å². The number of hydrogen-bond acceptors (Lipinski definition) is 4. The second-order valence-electron chi connectivity index (χ2n) is 5.74. The average Bonchev–Trinajstić information content (AvgIpc) is 2.37. The van der Waals surface area contributed by atoms with E-state index in [1.54, 1.807) is 39.0 Å². The molecule has 0 aliphatic rings. The number of hydrogen-bond donors (Lipinski definition) is 2. The van der Waals surface area contributed by atoms with Gasteiger partial charge in [-0.1, -0.05) is 32.0 Å². The van der Waals surface area contributed by atoms with E-state index < -0.39 is 27.4 Å². The van der Waals surface area contributed by atoms with E-state index in [0.717, 1.165) is 0 Å². The van der Waals surface area contributed by atoms with Crippen LogP contribution in [-0.4, -0.2) is 25.8 Å². The number of carbonyl (C=O) groups excluding carboxylic acids is 2. The topological polar surface area (TPSA) is 92.3 Å². The molecule has 2 N–H and O–H groups in total. The van der Waals surface area contributed by atoms with Crippen molar-refractivity contribution in [3.8, 4) is 0 Å². The Balaban J connectivity index is 3.14. The van der Waals surface area contributed by atoms with E-state index in [-0.39, 0.29) is 10.8 Å². The van der Waals surface area contributed by atoms with Crippen molar-refractivity contribution in [2.75, 3.05) is 0 Å². The summed E-state index contributed by atoms with van der Waals surface area (Å²) in [7, 11) is -3.99. The SMILES string of the molecule is CC(=O)NC(C)(C(=O)NS(=O)(=O)c1ccccc1C)C(C)C. The van der Waals surface area contributed by atoms with E-state index in [0.29, 0.717) is 5.56 Å². The van der Waals surface area contributed by atoms with Gasteiger partial charge < -0.3 is 5.32 Å². The molecule has 2 amide bonds. The fourth-order valence-electron chi connectivity index (χ4n) is 1.97. The molecule has 0 radical (unpaired) electrons. The molecule has 0 aromatic heterocycles. The smallest absolute Gasteiger partial charge is 0.264 e. The summed E-state index contributed by atoms with van der Waals surface area (Å²) in [6.45, 7) is 7.89. The highest BCUT2D eigenvalue weighted by Crippen LogP contribution is 2.19. The van der Waals surface area contributed by atoms with Gasteiger partial charge >= 0.3 is 0 Å². The molecule has 22 heavy (non-hydrogen) atoms. The van der Waals surface area contributed by atoms with E-state index in [4.69, 9.17) is 0 Å². The molecular formula is C15H22N2O4S. The van der Waals surface area contributed by atoms with Gasteiger partial charge in [0.15, 0.2) is 0 Å². The van der Waals surface area contributed by atoms with E-state index in [1.807, 2.05) is 0 Å². The van der Waals surface area contributed by atoms with Crippen molar-refractivity contribution in [2.45, 2.75) is 45.1 Å². The molecule has 0 saturated heterocycles. The van der Waals surface area contributed by atoms with Crippen molar-refractivity contribution in [3.05, 3.63) is 29.8 Å². The summed E-state index contributed by atoms with van der Waals surface area (Å²) in [6.07, 6.45) is 0. The quantitative estimate of drug-likeness (QED) is 0.854. The van der Waals surface area contributed by atoms with Crippen LogP contribution in [0.3, 0.4) is 0 Å². The molecule has 0 aliphatic carbocycles. The summed E-state index contributed by atoms with van der Waals surface area (Å²) < 4.78 is 26.8. The van der Waals surface area contributed by atoms with Crippen LogP contribution in [0.2, 0.25) is 0 Å². The van der Waals surface area contributed by atoms with Gasteiger partial charge in [-0.25, -0.2) is 13.1 Å². The van der Waals surface area contributed by atoms with E-state index in [9.17, 15) is 18.0 Å². The normalized spacial score (nSPS) is 14.3. The summed E-state index contributed by atoms with van der Waals surface area (Å²) in [5.41, 5.74) is -0.782. The third kappa shape index (κ3) is 3.85. The van der Waals surface area contributed by atoms with Crippen LogP contribution in [0.5, 0.6) is 0 Å². The summed E-state index contributed by atoms with van der Waals surface area (Å²) in [5.74, 6) is -1.45. The predicted molar refractivity (Wildman–Crippen MR) is 83.6 cm³/mol. The van der Waals surface area contributed by atoms with Crippen LogP contribution in [0.4, 0.5) is 0 Å². The van der Waals surface area contributed by atoms with Crippen LogP contribution in [-0.2, 0) is 19.6 Å². The van der Waals surface area contributed by atoms with Gasteiger partial charge in [0.25, 0.3) is 15.9 Å². The van der Waals surface area contributed by atoms with Crippen LogP contribution >= 0.6 is 0 Å². The molecule has 0 bridgehead atoms. The van der Waals surface area contributed by atoms with Crippen LogP contribution < -0.4 is 10.0 Å². The minimum Gasteiger partial charge on any atom is -0.342 e. The first-order valence-electron chi connectivity index (χ1n) is 6.92. The molecule has 122 valence electrons. The van der Waals surface area contributed by atoms with Crippen LogP contribution in [0.15, 0.2) is 29.2 Å². The molecule has 7 heteroatoms. The van der Waals surface area contributed by atoms with Crippen molar-refractivity contribution in [1.82, 2.24) is 10.0 Å². The molecule has 0 heterocycles. The molecule has 0 spiro atoms. The molecule has 1 rings (SSSR count). The summed E-state index contributed by atoms with van der Waals surface area (Å²) in [4.78, 5) is 23.8. The fourth-order valence-corrected chi connectivity index (χ4v) is 3.29. The zero-order valence-electron chi connectivity index (χ0n) is 13.4. The number of sulfonamides is 1. The Hall–Kier alpha value is -1.89. The van der Waals surface area contributed by atoms with Gasteiger partial charge in [-0.15, -0.1) is 0 Å². The zero-order chi connectivity index (χ0) is 17.1. The first kappa shape index (κ1) is 18.2. The molecule has 1 aromatic rings. The Kier molecular flexibility index (Phi) is 5.35. The lowest BCUT2D eigenvalue weighted by Gasteiger charge is -2.32. The summed E-state index contributed by atoms with van der Waals surface area (Å²) in [6, 6.07) is 6.37. The third-order valence-electron chi connectivity index (χ3n) is 3.67. The Morgan fingerprint density at radius 3 is 2.18 bits per heavy atom. The molecule has 1 aromatic carbocycles. The highest BCUT2D eigenvalue weighted by molar-refractivity contribution is 7.90. The van der Waals surface area contributed by atoms with Gasteiger partial charge in [-0.05, 0) is 31.4 Å². The molecule has 6 nitrogen and oxygen atoms in total. The molecule has 1 unspecified atom stereocenters. The minimum atomic E-state index is -3.99. The largest absolute Gasteiger partial charge is 0.342 e. The van der Waals surface area contributed by atoms with Gasteiger partial charge in [0.2, 0.25) is 5.91 Å². The monoisotopic (exact) mass is 326 g/mol. The Morgan fingerprint density at radius 1 is 1.18 bits per heavy atom. The maximum absolute atomic E-state index is 12.4. The van der Waals surface area contributed by atoms with Crippen LogP contribution in [0, 0.1) is 12.8 Å². The number of aryl methyl sites for hydroxylation is 1. The fraction of sp³-hybridized carbons (Fsp3) is 0.467. The van der Waals surface area contributed by atoms with Gasteiger partial charge in [-0.3, -0.25) is 9.59 Å². The molecule has 0 aliphatic heterocycles. The lowest BCUT2D eigenvalue weighted by Crippen LogP contribution is -2.60. The average molecular weight is 326 g/mol. The number of nitrogens with one attached hydrogen (secondary N) is 2. The van der Waals surface area contributed by atoms with Gasteiger partial charge in [-0.2, -0.15) is 0 Å². The standard InChI is InChI=1S/C15H22N2O4S/c1-10(2)15(5,16-12(4)18)14(19)17-22(20,21)13-9-7-6-8-11(13)3/h6-10H,1-5H3,(H,16,18)(H,17,19). The lowest BCUT2D eigenvalue weighted by atomic mass is 9.87. The van der Waals surface area contributed by atoms with E-state index in [2.05, 4.69) is 10.0 Å². The number of rotatable bonds is 5. The van der Waals surface area contributed by atoms with E-state index >= 15 is 0 Å². The maximum Gasteiger partial charge on any atom is 0.264 e.